The number of amides is 4. The number of pyridine rings is 3. The number of fused-ring (bicyclic) bond motifs is 3. The highest BCUT2D eigenvalue weighted by Crippen LogP contribution is 2.34. The lowest BCUT2D eigenvalue weighted by atomic mass is 10.1. The van der Waals surface area contributed by atoms with Crippen LogP contribution >= 0.6 is 34.8 Å². The molecule has 3 aliphatic rings. The Morgan fingerprint density at radius 3 is 1.00 bits per heavy atom. The third-order valence-electron chi connectivity index (χ3n) is 18.2. The third-order valence-corrected chi connectivity index (χ3v) is 19.2. The number of benzene rings is 6. The van der Waals surface area contributed by atoms with Gasteiger partial charge in [0.1, 0.15) is 17.5 Å². The molecule has 26 heteroatoms. The van der Waals surface area contributed by atoms with Crippen molar-refractivity contribution in [1.29, 1.82) is 0 Å². The van der Waals surface area contributed by atoms with Crippen molar-refractivity contribution in [2.45, 2.75) is 13.8 Å². The van der Waals surface area contributed by atoms with Crippen LogP contribution in [0.1, 0.15) is 44.9 Å². The fourth-order valence-corrected chi connectivity index (χ4v) is 12.9. The fourth-order valence-electron chi connectivity index (χ4n) is 12.3. The van der Waals surface area contributed by atoms with Crippen molar-refractivity contribution in [1.82, 2.24) is 59.6 Å². The quantitative estimate of drug-likeness (QED) is 0.0743. The molecule has 526 valence electrons. The molecule has 3 fully saturated rings. The second-order valence-corrected chi connectivity index (χ2v) is 26.1. The van der Waals surface area contributed by atoms with Gasteiger partial charge in [0.2, 0.25) is 5.91 Å². The Morgan fingerprint density at radius 1 is 0.385 bits per heavy atom. The number of aliphatic hydroxyl groups is 1. The van der Waals surface area contributed by atoms with Crippen molar-refractivity contribution < 1.29 is 24.3 Å². The molecule has 0 atom stereocenters. The van der Waals surface area contributed by atoms with Crippen molar-refractivity contribution in [2.75, 3.05) is 129 Å². The topological polar surface area (TPSA) is 260 Å². The molecule has 9 heterocycles. The molecule has 104 heavy (non-hydrogen) atoms. The molecule has 0 radical (unpaired) electrons. The van der Waals surface area contributed by atoms with Gasteiger partial charge in [0.25, 0.3) is 17.7 Å². The standard InChI is InChI=1S/C26H23ClN6O2.C26H25ClN6O2.C26H25ClN6O/c1-17(34)32-10-12-33(13-11-32)25-9-6-18(15-29-25)26(35)30-19-7-8-21(27)20(14-19)24-16-28-22-4-2-3-5-23(22)31-24;27-21-7-6-19(15-20(21)24-17-28-22-3-1-2-4-23(22)31-24)30-26(35)18-5-8-25(29-16-18)33-11-9-32(10-12-33)13-14-34;1-2-32-11-13-33(14-12-32)25-10-7-18(16-29-25)26(34)30-19-8-9-21(27)20(15-19)24-17-28-22-5-3-4-6-23(22)31-24/h2-9,14-16H,10-13H2,1H3,(H,30,35);1-8,15-17,34H,9-14H2,(H,30,35);3-10,15-17H,2,11-14H2,1H3,(H,30,34). The molecule has 4 amide bonds. The number of para-hydroxylation sites is 6. The second-order valence-electron chi connectivity index (χ2n) is 24.9. The van der Waals surface area contributed by atoms with E-state index < -0.39 is 0 Å². The molecule has 0 spiro atoms. The highest BCUT2D eigenvalue weighted by atomic mass is 35.5. The van der Waals surface area contributed by atoms with Crippen LogP contribution in [-0.2, 0) is 4.79 Å². The molecule has 6 aromatic heterocycles. The molecule has 23 nitrogen and oxygen atoms in total. The molecule has 0 saturated carbocycles. The van der Waals surface area contributed by atoms with Gasteiger partial charge in [-0.2, -0.15) is 0 Å². The number of halogens is 3. The van der Waals surface area contributed by atoms with Gasteiger partial charge < -0.3 is 45.6 Å². The van der Waals surface area contributed by atoms with Gasteiger partial charge >= 0.3 is 0 Å². The van der Waals surface area contributed by atoms with Crippen LogP contribution in [0.4, 0.5) is 34.5 Å². The number of likely N-dealkylation sites (N-methyl/N-ethyl adjacent to an activating group) is 1. The maximum Gasteiger partial charge on any atom is 0.257 e. The summed E-state index contributed by atoms with van der Waals surface area (Å²) < 4.78 is 0. The van der Waals surface area contributed by atoms with Gasteiger partial charge in [0.05, 0.1) is 107 Å². The first-order valence-corrected chi connectivity index (χ1v) is 35.3. The van der Waals surface area contributed by atoms with E-state index in [1.54, 1.807) is 105 Å². The average Bonchev–Trinajstić information content (AvgIpc) is 0.813. The van der Waals surface area contributed by atoms with Crippen LogP contribution in [-0.4, -0.2) is 187 Å². The second kappa shape index (κ2) is 33.3. The Kier molecular flexibility index (Phi) is 22.8. The summed E-state index contributed by atoms with van der Waals surface area (Å²) in [4.78, 5) is 104. The SMILES string of the molecule is CC(=O)N1CCN(c2ccc(C(=O)Nc3ccc(Cl)c(-c4cnc5ccccc5n4)c3)cn2)CC1.CCN1CCN(c2ccc(C(=O)Nc3ccc(Cl)c(-c4cnc5ccccc5n4)c3)cn2)CC1.O=C(Nc1ccc(Cl)c(-c2cnc3ccccc3n2)c1)c1ccc(N2CCN(CCO)CC2)nc1. The molecule has 3 aliphatic heterocycles. The van der Waals surface area contributed by atoms with Crippen molar-refractivity contribution in [3.63, 3.8) is 0 Å². The van der Waals surface area contributed by atoms with Gasteiger partial charge in [-0.1, -0.05) is 78.1 Å². The van der Waals surface area contributed by atoms with Gasteiger partial charge in [-0.25, -0.2) is 29.9 Å². The summed E-state index contributed by atoms with van der Waals surface area (Å²) in [6, 6.07) is 49.8. The van der Waals surface area contributed by atoms with Crippen molar-refractivity contribution in [3.05, 3.63) is 233 Å². The number of β-amino-alcohol motifs (C(OH)–C–C–N with tert-alkyl or cyclic N) is 1. The lowest BCUT2D eigenvalue weighted by Gasteiger charge is -2.35. The lowest BCUT2D eigenvalue weighted by Crippen LogP contribution is -2.48. The molecule has 4 N–H and O–H groups in total. The molecule has 15 rings (SSSR count). The minimum absolute atomic E-state index is 0.0858. The normalized spacial score (nSPS) is 14.1. The fraction of sp³-hybridized carbons (Fsp3) is 0.218. The maximum atomic E-state index is 12.9. The highest BCUT2D eigenvalue weighted by Gasteiger charge is 2.23. The molecule has 0 unspecified atom stereocenters. The van der Waals surface area contributed by atoms with Crippen LogP contribution in [0.2, 0.25) is 15.1 Å². The number of nitrogens with one attached hydrogen (secondary N) is 3. The van der Waals surface area contributed by atoms with E-state index in [-0.39, 0.29) is 30.2 Å². The van der Waals surface area contributed by atoms with E-state index in [0.29, 0.717) is 115 Å². The predicted octanol–water partition coefficient (Wildman–Crippen LogP) is 12.7. The minimum Gasteiger partial charge on any atom is -0.395 e. The van der Waals surface area contributed by atoms with E-state index in [1.807, 2.05) is 108 Å². The number of carbonyl (C=O) groups is 4. The zero-order valence-electron chi connectivity index (χ0n) is 57.1. The Bertz CT molecular complexity index is 5060. The Hall–Kier alpha value is -11.2. The molecule has 12 aromatic rings. The van der Waals surface area contributed by atoms with E-state index in [0.717, 1.165) is 109 Å². The van der Waals surface area contributed by atoms with Gasteiger partial charge in [0, 0.05) is 144 Å². The first-order chi connectivity index (χ1) is 50.7. The first-order valence-electron chi connectivity index (χ1n) is 34.1. The van der Waals surface area contributed by atoms with Crippen molar-refractivity contribution in [2.24, 2.45) is 0 Å². The zero-order chi connectivity index (χ0) is 72.1. The summed E-state index contributed by atoms with van der Waals surface area (Å²) in [6.45, 7) is 15.8. The van der Waals surface area contributed by atoms with Crippen LogP contribution < -0.4 is 30.7 Å². The highest BCUT2D eigenvalue weighted by molar-refractivity contribution is 6.34. The summed E-state index contributed by atoms with van der Waals surface area (Å²) in [5, 5.41) is 19.4. The number of piperazine rings is 3. The molecular formula is C78H73Cl3N18O5. The smallest absolute Gasteiger partial charge is 0.257 e. The molecule has 0 bridgehead atoms. The van der Waals surface area contributed by atoms with Gasteiger partial charge in [-0.3, -0.25) is 39.0 Å². The third kappa shape index (κ3) is 17.5. The molecule has 3 saturated heterocycles. The Morgan fingerprint density at radius 2 is 0.702 bits per heavy atom. The number of carbonyl (C=O) groups excluding carboxylic acids is 4. The number of aliphatic hydroxyl groups excluding tert-OH is 1. The van der Waals surface area contributed by atoms with E-state index in [2.05, 4.69) is 92.2 Å². The number of hydrogen-bond donors (Lipinski definition) is 4. The number of hydrogen-bond acceptors (Lipinski definition) is 19. The molecule has 0 aliphatic carbocycles. The number of nitrogens with zero attached hydrogens (tertiary/aromatic N) is 15. The number of rotatable bonds is 15. The average molecular weight is 1450 g/mol. The van der Waals surface area contributed by atoms with E-state index >= 15 is 0 Å². The van der Waals surface area contributed by atoms with E-state index in [4.69, 9.17) is 39.9 Å². The van der Waals surface area contributed by atoms with E-state index in [1.165, 1.54) is 0 Å². The largest absolute Gasteiger partial charge is 0.395 e. The van der Waals surface area contributed by atoms with Crippen molar-refractivity contribution in [3.8, 4) is 33.8 Å². The maximum absolute atomic E-state index is 12.9. The molecule has 6 aromatic carbocycles. The summed E-state index contributed by atoms with van der Waals surface area (Å²) in [6.07, 6.45) is 9.83. The Labute approximate surface area is 615 Å². The van der Waals surface area contributed by atoms with Crippen LogP contribution in [0.5, 0.6) is 0 Å². The zero-order valence-corrected chi connectivity index (χ0v) is 59.3. The van der Waals surface area contributed by atoms with Crippen LogP contribution in [0.25, 0.3) is 66.9 Å². The number of aromatic nitrogens is 9. The van der Waals surface area contributed by atoms with Crippen LogP contribution in [0.3, 0.4) is 0 Å². The van der Waals surface area contributed by atoms with Gasteiger partial charge in [-0.15, -0.1) is 0 Å². The minimum atomic E-state index is -0.275. The summed E-state index contributed by atoms with van der Waals surface area (Å²) in [7, 11) is 0. The van der Waals surface area contributed by atoms with Crippen LogP contribution in [0, 0.1) is 0 Å². The molecular weight excluding hydrogens is 1380 g/mol. The summed E-state index contributed by atoms with van der Waals surface area (Å²) >= 11 is 19.3. The van der Waals surface area contributed by atoms with Crippen molar-refractivity contribution >= 4 is 126 Å². The van der Waals surface area contributed by atoms with E-state index in [9.17, 15) is 19.2 Å². The predicted molar refractivity (Wildman–Crippen MR) is 411 cm³/mol. The van der Waals surface area contributed by atoms with Gasteiger partial charge in [0.15, 0.2) is 0 Å². The first kappa shape index (κ1) is 71.2. The number of anilines is 6. The Balaban J connectivity index is 0.000000139. The summed E-state index contributed by atoms with van der Waals surface area (Å²) in [5.41, 5.74) is 12.0. The van der Waals surface area contributed by atoms with Gasteiger partial charge in [-0.05, 0) is 134 Å². The van der Waals surface area contributed by atoms with Crippen LogP contribution in [0.15, 0.2) is 201 Å². The lowest BCUT2D eigenvalue weighted by molar-refractivity contribution is -0.129. The monoisotopic (exact) mass is 1450 g/mol. The summed E-state index contributed by atoms with van der Waals surface area (Å²) in [5.74, 6) is 1.85.